The minimum Gasteiger partial charge on any atom is -0.392 e. The highest BCUT2D eigenvalue weighted by molar-refractivity contribution is 5.50. The van der Waals surface area contributed by atoms with Crippen molar-refractivity contribution in [3.8, 4) is 0 Å². The fraction of sp³-hybridized carbons (Fsp3) is 0.111. The molecule has 3 nitrogen and oxygen atoms in total. The Labute approximate surface area is 176 Å². The van der Waals surface area contributed by atoms with Gasteiger partial charge >= 0.3 is 0 Å². The quantitative estimate of drug-likeness (QED) is 0.454. The van der Waals surface area contributed by atoms with Crippen molar-refractivity contribution >= 4 is 0 Å². The maximum Gasteiger partial charge on any atom is 0.152 e. The Morgan fingerprint density at radius 3 is 1.03 bits per heavy atom. The third-order valence-electron chi connectivity index (χ3n) is 5.65. The summed E-state index contributed by atoms with van der Waals surface area (Å²) in [6, 6.07) is 34.7. The molecule has 0 heterocycles. The Bertz CT molecular complexity index is 1040. The van der Waals surface area contributed by atoms with Gasteiger partial charge in [0, 0.05) is 0 Å². The van der Waals surface area contributed by atoms with Gasteiger partial charge in [-0.1, -0.05) is 115 Å². The Balaban J connectivity index is 2.06. The largest absolute Gasteiger partial charge is 0.392 e. The minimum absolute atomic E-state index is 0.0916. The van der Waals surface area contributed by atoms with Crippen LogP contribution in [0.1, 0.15) is 27.8 Å². The summed E-state index contributed by atoms with van der Waals surface area (Å²) in [5.74, 6) is 0. The molecule has 0 aromatic heterocycles. The van der Waals surface area contributed by atoms with Gasteiger partial charge in [0.05, 0.1) is 6.61 Å². The second kappa shape index (κ2) is 8.25. The lowest BCUT2D eigenvalue weighted by Crippen LogP contribution is -2.51. The van der Waals surface area contributed by atoms with Crippen LogP contribution in [0.2, 0.25) is 0 Å². The fourth-order valence-electron chi connectivity index (χ4n) is 4.06. The van der Waals surface area contributed by atoms with Crippen molar-refractivity contribution in [2.24, 2.45) is 0 Å². The molecule has 0 saturated heterocycles. The van der Waals surface area contributed by atoms with Crippen molar-refractivity contribution in [1.82, 2.24) is 0 Å². The number of rotatable bonds is 6. The van der Waals surface area contributed by atoms with Gasteiger partial charge in [-0.3, -0.25) is 0 Å². The molecule has 0 spiro atoms. The molecule has 0 bridgehead atoms. The van der Waals surface area contributed by atoms with E-state index < -0.39 is 11.2 Å². The van der Waals surface area contributed by atoms with Gasteiger partial charge in [-0.15, -0.1) is 0 Å². The van der Waals surface area contributed by atoms with Gasteiger partial charge in [-0.25, -0.2) is 0 Å². The zero-order valence-electron chi connectivity index (χ0n) is 16.5. The maximum absolute atomic E-state index is 12.4. The number of aliphatic hydroxyl groups excluding tert-OH is 1. The van der Waals surface area contributed by atoms with Crippen molar-refractivity contribution < 1.29 is 15.3 Å². The van der Waals surface area contributed by atoms with E-state index in [0.717, 1.165) is 5.56 Å². The monoisotopic (exact) mass is 396 g/mol. The summed E-state index contributed by atoms with van der Waals surface area (Å²) in [5.41, 5.74) is -0.569. The van der Waals surface area contributed by atoms with Crippen molar-refractivity contribution in [3.05, 3.63) is 143 Å². The van der Waals surface area contributed by atoms with E-state index in [1.54, 1.807) is 24.3 Å². The fourth-order valence-corrected chi connectivity index (χ4v) is 4.06. The molecule has 3 N–H and O–H groups in total. The predicted molar refractivity (Wildman–Crippen MR) is 118 cm³/mol. The second-order valence-electron chi connectivity index (χ2n) is 7.37. The molecule has 0 radical (unpaired) electrons. The van der Waals surface area contributed by atoms with Gasteiger partial charge < -0.3 is 15.3 Å². The van der Waals surface area contributed by atoms with Crippen molar-refractivity contribution in [2.75, 3.05) is 0 Å². The first kappa shape index (κ1) is 20.0. The van der Waals surface area contributed by atoms with Crippen LogP contribution in [0.3, 0.4) is 0 Å². The summed E-state index contributed by atoms with van der Waals surface area (Å²) >= 11 is 0. The molecule has 0 aliphatic rings. The Kier molecular flexibility index (Phi) is 5.51. The van der Waals surface area contributed by atoms with E-state index in [2.05, 4.69) is 0 Å². The highest BCUT2D eigenvalue weighted by atomic mass is 16.4. The lowest BCUT2D eigenvalue weighted by Gasteiger charge is -2.45. The van der Waals surface area contributed by atoms with Gasteiger partial charge in [0.1, 0.15) is 0 Å². The minimum atomic E-state index is -1.79. The highest BCUT2D eigenvalue weighted by Gasteiger charge is 2.54. The number of aliphatic hydroxyl groups is 3. The second-order valence-corrected chi connectivity index (χ2v) is 7.37. The molecule has 3 heteroatoms. The van der Waals surface area contributed by atoms with Crippen molar-refractivity contribution in [2.45, 2.75) is 17.8 Å². The van der Waals surface area contributed by atoms with Crippen molar-refractivity contribution in [3.63, 3.8) is 0 Å². The van der Waals surface area contributed by atoms with Gasteiger partial charge in [-0.2, -0.15) is 0 Å². The zero-order valence-corrected chi connectivity index (χ0v) is 16.5. The maximum atomic E-state index is 12.4. The summed E-state index contributed by atoms with van der Waals surface area (Å²) in [7, 11) is 0. The predicted octanol–water partition coefficient (Wildman–Crippen LogP) is 4.35. The van der Waals surface area contributed by atoms with Crippen LogP contribution in [0.15, 0.2) is 115 Å². The van der Waals surface area contributed by atoms with E-state index >= 15 is 0 Å². The van der Waals surface area contributed by atoms with E-state index in [1.807, 2.05) is 91.0 Å². The average Bonchev–Trinajstić information content (AvgIpc) is 2.84. The molecule has 0 aliphatic heterocycles. The third kappa shape index (κ3) is 3.23. The lowest BCUT2D eigenvalue weighted by atomic mass is 9.66. The van der Waals surface area contributed by atoms with E-state index in [4.69, 9.17) is 0 Å². The van der Waals surface area contributed by atoms with E-state index in [1.165, 1.54) is 0 Å². The number of hydrogen-bond donors (Lipinski definition) is 3. The molecule has 0 aliphatic carbocycles. The first-order valence-corrected chi connectivity index (χ1v) is 9.92. The van der Waals surface area contributed by atoms with Crippen LogP contribution >= 0.6 is 0 Å². The first-order valence-electron chi connectivity index (χ1n) is 9.92. The molecule has 1 unspecified atom stereocenters. The van der Waals surface area contributed by atoms with Crippen LogP contribution in [0.4, 0.5) is 0 Å². The van der Waals surface area contributed by atoms with Crippen LogP contribution in [0, 0.1) is 0 Å². The van der Waals surface area contributed by atoms with Crippen LogP contribution in [0.5, 0.6) is 0 Å². The van der Waals surface area contributed by atoms with E-state index in [-0.39, 0.29) is 6.61 Å². The SMILES string of the molecule is OCc1ccc(C(O)(c2ccccc2)C(O)(c2ccccc2)c2ccccc2)cc1. The van der Waals surface area contributed by atoms with Gasteiger partial charge in [0.15, 0.2) is 11.2 Å². The lowest BCUT2D eigenvalue weighted by molar-refractivity contribution is -0.113. The van der Waals surface area contributed by atoms with Crippen molar-refractivity contribution in [1.29, 1.82) is 0 Å². The average molecular weight is 396 g/mol. The van der Waals surface area contributed by atoms with Gasteiger partial charge in [0.25, 0.3) is 0 Å². The molecular weight excluding hydrogens is 372 g/mol. The first-order chi connectivity index (χ1) is 14.6. The third-order valence-corrected chi connectivity index (χ3v) is 5.65. The summed E-state index contributed by atoms with van der Waals surface area (Å²) < 4.78 is 0. The summed E-state index contributed by atoms with van der Waals surface area (Å²) in [5, 5.41) is 34.3. The molecule has 0 saturated carbocycles. The van der Waals surface area contributed by atoms with E-state index in [9.17, 15) is 15.3 Å². The molecule has 0 fully saturated rings. The molecule has 1 atom stereocenters. The van der Waals surface area contributed by atoms with E-state index in [0.29, 0.717) is 22.3 Å². The number of hydrogen-bond acceptors (Lipinski definition) is 3. The summed E-state index contributed by atoms with van der Waals surface area (Å²) in [6.45, 7) is -0.0916. The summed E-state index contributed by atoms with van der Waals surface area (Å²) in [4.78, 5) is 0. The Morgan fingerprint density at radius 1 is 0.433 bits per heavy atom. The topological polar surface area (TPSA) is 60.7 Å². The van der Waals surface area contributed by atoms with Gasteiger partial charge in [0.2, 0.25) is 0 Å². The van der Waals surface area contributed by atoms with Gasteiger partial charge in [-0.05, 0) is 27.8 Å². The molecule has 30 heavy (non-hydrogen) atoms. The molecule has 0 amide bonds. The molecular formula is C27H24O3. The molecule has 4 aromatic carbocycles. The smallest absolute Gasteiger partial charge is 0.152 e. The van der Waals surface area contributed by atoms with Crippen LogP contribution in [-0.2, 0) is 17.8 Å². The Hall–Kier alpha value is -3.24. The molecule has 4 aromatic rings. The number of benzene rings is 4. The Morgan fingerprint density at radius 2 is 0.733 bits per heavy atom. The summed E-state index contributed by atoms with van der Waals surface area (Å²) in [6.07, 6.45) is 0. The normalized spacial score (nSPS) is 13.6. The molecule has 4 rings (SSSR count). The van der Waals surface area contributed by atoms with Crippen LogP contribution in [0.25, 0.3) is 0 Å². The van der Waals surface area contributed by atoms with Crippen LogP contribution in [-0.4, -0.2) is 15.3 Å². The van der Waals surface area contributed by atoms with Crippen LogP contribution < -0.4 is 0 Å². The molecule has 150 valence electrons. The zero-order chi connectivity index (χ0) is 21.0. The highest BCUT2D eigenvalue weighted by Crippen LogP contribution is 2.49. The standard InChI is InChI=1S/C27H24O3/c28-20-21-16-18-25(19-17-21)27(30,24-14-8-3-9-15-24)26(29,22-10-4-1-5-11-22)23-12-6-2-7-13-23/h1-19,28-30H,20H2.